The van der Waals surface area contributed by atoms with Crippen molar-refractivity contribution in [3.05, 3.63) is 35.4 Å². The minimum atomic E-state index is 0.192. The van der Waals surface area contributed by atoms with Gasteiger partial charge >= 0.3 is 0 Å². The van der Waals surface area contributed by atoms with E-state index in [2.05, 4.69) is 11.4 Å². The summed E-state index contributed by atoms with van der Waals surface area (Å²) < 4.78 is 0. The van der Waals surface area contributed by atoms with Gasteiger partial charge in [0.25, 0.3) is 0 Å². The summed E-state index contributed by atoms with van der Waals surface area (Å²) >= 11 is 0. The van der Waals surface area contributed by atoms with E-state index in [4.69, 9.17) is 0 Å². The van der Waals surface area contributed by atoms with Gasteiger partial charge < -0.3 is 10.2 Å². The molecule has 0 unspecified atom stereocenters. The first-order valence-corrected chi connectivity index (χ1v) is 8.25. The Kier molecular flexibility index (Phi) is 4.46. The molecule has 0 radical (unpaired) electrons. The molecule has 2 amide bonds. The molecule has 0 aromatic heterocycles. The summed E-state index contributed by atoms with van der Waals surface area (Å²) in [6.45, 7) is 3.54. The summed E-state index contributed by atoms with van der Waals surface area (Å²) in [5.74, 6) is 0.670. The number of benzene rings is 1. The van der Waals surface area contributed by atoms with E-state index in [1.54, 1.807) is 0 Å². The fourth-order valence-corrected chi connectivity index (χ4v) is 3.05. The second-order valence-corrected chi connectivity index (χ2v) is 6.60. The Morgan fingerprint density at radius 2 is 1.91 bits per heavy atom. The number of hydrogen-bond acceptors (Lipinski definition) is 2. The summed E-state index contributed by atoms with van der Waals surface area (Å²) in [6, 6.07) is 8.37. The molecule has 1 saturated carbocycles. The third kappa shape index (κ3) is 3.87. The fraction of sp³-hybridized carbons (Fsp3) is 0.556. The number of nitrogens with zero attached hydrogens (tertiary/aromatic N) is 1. The van der Waals surface area contributed by atoms with Gasteiger partial charge in [-0.05, 0) is 38.2 Å². The lowest BCUT2D eigenvalue weighted by molar-refractivity contribution is -0.131. The molecule has 1 heterocycles. The number of carbonyl (C=O) groups is 2. The van der Waals surface area contributed by atoms with E-state index in [1.165, 1.54) is 5.56 Å². The largest absolute Gasteiger partial charge is 0.353 e. The van der Waals surface area contributed by atoms with E-state index in [0.717, 1.165) is 44.3 Å². The Bertz CT molecular complexity index is 558. The SMILES string of the molecule is Cc1cccc(CC(=O)N2CCC(NC(=O)C3CC3)CC2)c1. The molecule has 2 fully saturated rings. The third-order valence-electron chi connectivity index (χ3n) is 4.58. The molecule has 0 atom stereocenters. The molecule has 1 saturated heterocycles. The van der Waals surface area contributed by atoms with Crippen LogP contribution in [-0.4, -0.2) is 35.8 Å². The lowest BCUT2D eigenvalue weighted by Gasteiger charge is -2.32. The average molecular weight is 300 g/mol. The maximum absolute atomic E-state index is 12.4. The first-order valence-electron chi connectivity index (χ1n) is 8.25. The minimum Gasteiger partial charge on any atom is -0.353 e. The van der Waals surface area contributed by atoms with Gasteiger partial charge in [-0.15, -0.1) is 0 Å². The highest BCUT2D eigenvalue weighted by molar-refractivity contribution is 5.81. The molecular weight excluding hydrogens is 276 g/mol. The number of aryl methyl sites for hydroxylation is 1. The molecule has 4 heteroatoms. The Labute approximate surface area is 131 Å². The molecule has 2 aliphatic rings. The number of hydrogen-bond donors (Lipinski definition) is 1. The molecule has 1 aliphatic carbocycles. The summed E-state index contributed by atoms with van der Waals surface area (Å²) in [5.41, 5.74) is 2.26. The van der Waals surface area contributed by atoms with Crippen LogP contribution in [0.2, 0.25) is 0 Å². The van der Waals surface area contributed by atoms with Crippen molar-refractivity contribution in [3.8, 4) is 0 Å². The van der Waals surface area contributed by atoms with Gasteiger partial charge in [0.15, 0.2) is 0 Å². The van der Waals surface area contributed by atoms with Gasteiger partial charge in [-0.3, -0.25) is 9.59 Å². The molecule has 118 valence electrons. The quantitative estimate of drug-likeness (QED) is 0.925. The van der Waals surface area contributed by atoms with Gasteiger partial charge in [-0.25, -0.2) is 0 Å². The van der Waals surface area contributed by atoms with Crippen LogP contribution in [0, 0.1) is 12.8 Å². The van der Waals surface area contributed by atoms with Crippen LogP contribution < -0.4 is 5.32 Å². The van der Waals surface area contributed by atoms with E-state index < -0.39 is 0 Å². The highest BCUT2D eigenvalue weighted by Crippen LogP contribution is 2.29. The standard InChI is InChI=1S/C18H24N2O2/c1-13-3-2-4-14(11-13)12-17(21)20-9-7-16(8-10-20)19-18(22)15-5-6-15/h2-4,11,15-16H,5-10,12H2,1H3,(H,19,22). The molecule has 1 aromatic carbocycles. The zero-order chi connectivity index (χ0) is 15.5. The van der Waals surface area contributed by atoms with E-state index in [-0.39, 0.29) is 23.8 Å². The summed E-state index contributed by atoms with van der Waals surface area (Å²) in [6.07, 6.45) is 4.30. The summed E-state index contributed by atoms with van der Waals surface area (Å²) in [5, 5.41) is 3.12. The van der Waals surface area contributed by atoms with Crippen molar-refractivity contribution < 1.29 is 9.59 Å². The molecule has 1 aliphatic heterocycles. The van der Waals surface area contributed by atoms with Crippen LogP contribution in [0.1, 0.15) is 36.8 Å². The molecule has 1 aromatic rings. The molecule has 1 N–H and O–H groups in total. The monoisotopic (exact) mass is 300 g/mol. The number of rotatable bonds is 4. The molecule has 0 bridgehead atoms. The van der Waals surface area contributed by atoms with Crippen LogP contribution in [0.5, 0.6) is 0 Å². The Morgan fingerprint density at radius 1 is 1.18 bits per heavy atom. The van der Waals surface area contributed by atoms with Crippen LogP contribution in [-0.2, 0) is 16.0 Å². The van der Waals surface area contributed by atoms with Crippen LogP contribution in [0.25, 0.3) is 0 Å². The molecular formula is C18H24N2O2. The maximum Gasteiger partial charge on any atom is 0.226 e. The van der Waals surface area contributed by atoms with Crippen molar-refractivity contribution in [1.29, 1.82) is 0 Å². The Morgan fingerprint density at radius 3 is 2.55 bits per heavy atom. The topological polar surface area (TPSA) is 49.4 Å². The predicted octanol–water partition coefficient (Wildman–Crippen LogP) is 2.05. The van der Waals surface area contributed by atoms with Crippen LogP contribution >= 0.6 is 0 Å². The second-order valence-electron chi connectivity index (χ2n) is 6.60. The van der Waals surface area contributed by atoms with Crippen LogP contribution in [0.3, 0.4) is 0 Å². The third-order valence-corrected chi connectivity index (χ3v) is 4.58. The van der Waals surface area contributed by atoms with E-state index in [1.807, 2.05) is 30.0 Å². The van der Waals surface area contributed by atoms with Gasteiger partial charge in [0.1, 0.15) is 0 Å². The Hall–Kier alpha value is -1.84. The Balaban J connectivity index is 1.46. The molecule has 0 spiro atoms. The lowest BCUT2D eigenvalue weighted by atomic mass is 10.0. The van der Waals surface area contributed by atoms with Crippen molar-refractivity contribution in [2.24, 2.45) is 5.92 Å². The van der Waals surface area contributed by atoms with Crippen molar-refractivity contribution in [2.75, 3.05) is 13.1 Å². The van der Waals surface area contributed by atoms with Crippen molar-refractivity contribution in [3.63, 3.8) is 0 Å². The normalized spacial score (nSPS) is 19.0. The summed E-state index contributed by atoms with van der Waals surface area (Å²) in [7, 11) is 0. The second kappa shape index (κ2) is 6.51. The maximum atomic E-state index is 12.4. The number of nitrogens with one attached hydrogen (secondary N) is 1. The van der Waals surface area contributed by atoms with Crippen LogP contribution in [0.15, 0.2) is 24.3 Å². The van der Waals surface area contributed by atoms with Gasteiger partial charge in [0.2, 0.25) is 11.8 Å². The zero-order valence-corrected chi connectivity index (χ0v) is 13.2. The van der Waals surface area contributed by atoms with Crippen molar-refractivity contribution in [1.82, 2.24) is 10.2 Å². The number of carbonyl (C=O) groups excluding carboxylic acids is 2. The lowest BCUT2D eigenvalue weighted by Crippen LogP contribution is -2.47. The highest BCUT2D eigenvalue weighted by Gasteiger charge is 2.32. The first kappa shape index (κ1) is 15.1. The molecule has 22 heavy (non-hydrogen) atoms. The zero-order valence-electron chi connectivity index (χ0n) is 13.2. The van der Waals surface area contributed by atoms with E-state index in [0.29, 0.717) is 6.42 Å². The van der Waals surface area contributed by atoms with Crippen molar-refractivity contribution >= 4 is 11.8 Å². The molecule has 4 nitrogen and oxygen atoms in total. The minimum absolute atomic E-state index is 0.192. The van der Waals surface area contributed by atoms with Crippen LogP contribution in [0.4, 0.5) is 0 Å². The molecule has 3 rings (SSSR count). The number of amides is 2. The van der Waals surface area contributed by atoms with Gasteiger partial charge in [-0.1, -0.05) is 29.8 Å². The van der Waals surface area contributed by atoms with Crippen molar-refractivity contribution in [2.45, 2.75) is 45.1 Å². The van der Waals surface area contributed by atoms with E-state index >= 15 is 0 Å². The number of likely N-dealkylation sites (tertiary alicyclic amines) is 1. The predicted molar refractivity (Wildman–Crippen MR) is 85.4 cm³/mol. The highest BCUT2D eigenvalue weighted by atomic mass is 16.2. The first-order chi connectivity index (χ1) is 10.6. The van der Waals surface area contributed by atoms with Gasteiger partial charge in [0, 0.05) is 25.0 Å². The van der Waals surface area contributed by atoms with E-state index in [9.17, 15) is 9.59 Å². The average Bonchev–Trinajstić information content (AvgIpc) is 3.32. The van der Waals surface area contributed by atoms with Gasteiger partial charge in [-0.2, -0.15) is 0 Å². The smallest absolute Gasteiger partial charge is 0.226 e. The fourth-order valence-electron chi connectivity index (χ4n) is 3.05. The summed E-state index contributed by atoms with van der Waals surface area (Å²) in [4.78, 5) is 26.1. The number of piperidine rings is 1. The van der Waals surface area contributed by atoms with Gasteiger partial charge in [0.05, 0.1) is 6.42 Å².